The number of fused-ring (bicyclic) bond motifs is 7. The summed E-state index contributed by atoms with van der Waals surface area (Å²) in [6.45, 7) is 17.5. The minimum atomic E-state index is -0.243. The van der Waals surface area contributed by atoms with Crippen molar-refractivity contribution in [1.29, 1.82) is 0 Å². The van der Waals surface area contributed by atoms with Gasteiger partial charge in [0.25, 0.3) is 0 Å². The fourth-order valence-electron chi connectivity index (χ4n) is 10.5. The second-order valence-electron chi connectivity index (χ2n) is 15.1. The molecule has 4 fully saturated rings. The minimum Gasteiger partial charge on any atom is -0.393 e. The zero-order valence-corrected chi connectivity index (χ0v) is 22.4. The molecular weight excluding hydrogens is 406 g/mol. The summed E-state index contributed by atoms with van der Waals surface area (Å²) < 4.78 is 0. The molecule has 3 N–H and O–H groups in total. The number of rotatable bonds is 1. The first-order chi connectivity index (χ1) is 15.2. The van der Waals surface area contributed by atoms with E-state index in [4.69, 9.17) is 5.73 Å². The van der Waals surface area contributed by atoms with E-state index in [2.05, 4.69) is 54.5 Å². The average Bonchev–Trinajstić information content (AvgIpc) is 2.72. The third-order valence-corrected chi connectivity index (χ3v) is 13.0. The van der Waals surface area contributed by atoms with E-state index >= 15 is 0 Å². The fourth-order valence-corrected chi connectivity index (χ4v) is 10.5. The average molecular weight is 456 g/mol. The Hall–Kier alpha value is -0.670. The van der Waals surface area contributed by atoms with Crippen LogP contribution in [0, 0.1) is 50.2 Å². The van der Waals surface area contributed by atoms with Crippen LogP contribution in [0.4, 0.5) is 0 Å². The molecule has 8 atom stereocenters. The van der Waals surface area contributed by atoms with Crippen molar-refractivity contribution in [2.75, 3.05) is 6.54 Å². The molecule has 0 aromatic rings. The largest absolute Gasteiger partial charge is 0.393 e. The topological polar surface area (TPSA) is 63.3 Å². The predicted octanol–water partition coefficient (Wildman–Crippen LogP) is 6.29. The summed E-state index contributed by atoms with van der Waals surface area (Å²) >= 11 is 0. The van der Waals surface area contributed by atoms with E-state index in [9.17, 15) is 9.90 Å². The molecule has 0 spiro atoms. The van der Waals surface area contributed by atoms with Gasteiger partial charge in [-0.1, -0.05) is 54.0 Å². The summed E-state index contributed by atoms with van der Waals surface area (Å²) in [5.74, 6) is 1.34. The van der Waals surface area contributed by atoms with Gasteiger partial charge in [-0.3, -0.25) is 4.79 Å². The summed E-state index contributed by atoms with van der Waals surface area (Å²) in [5.41, 5.74) is 8.34. The second kappa shape index (κ2) is 6.96. The van der Waals surface area contributed by atoms with Gasteiger partial charge >= 0.3 is 0 Å². The second-order valence-corrected chi connectivity index (χ2v) is 15.1. The van der Waals surface area contributed by atoms with Crippen molar-refractivity contribution < 1.29 is 9.90 Å². The molecule has 0 radical (unpaired) electrons. The lowest BCUT2D eigenvalue weighted by Crippen LogP contribution is -2.66. The van der Waals surface area contributed by atoms with Crippen molar-refractivity contribution in [2.45, 2.75) is 112 Å². The molecule has 0 heterocycles. The molecule has 33 heavy (non-hydrogen) atoms. The molecule has 5 aliphatic rings. The third kappa shape index (κ3) is 2.90. The van der Waals surface area contributed by atoms with Gasteiger partial charge in [0.2, 0.25) is 0 Å². The Balaban J connectivity index is 1.63. The van der Waals surface area contributed by atoms with Crippen LogP contribution >= 0.6 is 0 Å². The zero-order valence-electron chi connectivity index (χ0n) is 22.4. The van der Waals surface area contributed by atoms with Gasteiger partial charge in [0.05, 0.1) is 6.10 Å². The van der Waals surface area contributed by atoms with E-state index in [1.165, 1.54) is 24.8 Å². The van der Waals surface area contributed by atoms with Gasteiger partial charge in [0.1, 0.15) is 0 Å². The highest BCUT2D eigenvalue weighted by Crippen LogP contribution is 2.74. The quantitative estimate of drug-likeness (QED) is 0.488. The Bertz CT molecular complexity index is 888. The first kappa shape index (κ1) is 24.0. The van der Waals surface area contributed by atoms with Crippen LogP contribution in [-0.2, 0) is 4.79 Å². The van der Waals surface area contributed by atoms with Crippen LogP contribution in [0.2, 0.25) is 0 Å². The number of carbonyl (C=O) groups is 1. The number of allylic oxidation sites excluding steroid dienone is 2. The molecule has 4 saturated carbocycles. The van der Waals surface area contributed by atoms with Crippen molar-refractivity contribution in [3.63, 3.8) is 0 Å². The van der Waals surface area contributed by atoms with Crippen LogP contribution in [0.5, 0.6) is 0 Å². The Morgan fingerprint density at radius 1 is 0.939 bits per heavy atom. The summed E-state index contributed by atoms with van der Waals surface area (Å²) in [5, 5.41) is 10.9. The molecule has 3 heteroatoms. The van der Waals surface area contributed by atoms with Crippen molar-refractivity contribution >= 4 is 5.78 Å². The standard InChI is InChI=1S/C30H49NO2/c1-25(2)12-14-30(18-31)15-13-29(7)24(19(30)17-25)20(32)16-22-27(5)10-9-23(33)26(3,4)21(27)8-11-28(22,29)6/h16,19,21,23-24,33H,8-15,17-18,31H2,1-7H3/t19-,21-,23?,24-,27-,28+,29+,30+/m0/s1. The molecule has 1 unspecified atom stereocenters. The van der Waals surface area contributed by atoms with E-state index in [1.807, 2.05) is 0 Å². The maximum atomic E-state index is 14.2. The Kier molecular flexibility index (Phi) is 5.07. The number of hydrogen-bond donors (Lipinski definition) is 2. The normalized spacial score (nSPS) is 52.6. The molecule has 0 aliphatic heterocycles. The molecule has 0 aromatic heterocycles. The number of ketones is 1. The minimum absolute atomic E-state index is 0.000884. The van der Waals surface area contributed by atoms with Gasteiger partial charge in [0.15, 0.2) is 5.78 Å². The van der Waals surface area contributed by atoms with E-state index in [-0.39, 0.29) is 39.1 Å². The van der Waals surface area contributed by atoms with Crippen molar-refractivity contribution in [2.24, 2.45) is 56.0 Å². The SMILES string of the molecule is CC1(C)CC[C@]2(CN)CC[C@]3(C)[C@H](C(=O)C=C4[C@@]5(C)CCC(O)C(C)(C)[C@@H]5CC[C@]43C)[C@@H]2C1. The highest BCUT2D eigenvalue weighted by Gasteiger charge is 2.69. The van der Waals surface area contributed by atoms with Gasteiger partial charge in [-0.05, 0) is 115 Å². The summed E-state index contributed by atoms with van der Waals surface area (Å²) in [6, 6.07) is 0. The lowest BCUT2D eigenvalue weighted by molar-refractivity contribution is -0.178. The fraction of sp³-hybridized carbons (Fsp3) is 0.900. The van der Waals surface area contributed by atoms with E-state index < -0.39 is 0 Å². The maximum Gasteiger partial charge on any atom is 0.159 e. The summed E-state index contributed by atoms with van der Waals surface area (Å²) in [6.07, 6.45) is 11.9. The number of nitrogens with two attached hydrogens (primary N) is 1. The summed E-state index contributed by atoms with van der Waals surface area (Å²) in [7, 11) is 0. The number of hydrogen-bond acceptors (Lipinski definition) is 3. The lowest BCUT2D eigenvalue weighted by atomic mass is 9.34. The zero-order chi connectivity index (χ0) is 24.2. The van der Waals surface area contributed by atoms with E-state index in [1.54, 1.807) is 0 Å². The monoisotopic (exact) mass is 455 g/mol. The van der Waals surface area contributed by atoms with E-state index in [0.717, 1.165) is 45.1 Å². The molecule has 0 amide bonds. The molecule has 5 rings (SSSR count). The molecule has 0 aromatic carbocycles. The van der Waals surface area contributed by atoms with Crippen LogP contribution in [0.25, 0.3) is 0 Å². The molecule has 186 valence electrons. The summed E-state index contributed by atoms with van der Waals surface area (Å²) in [4.78, 5) is 14.2. The van der Waals surface area contributed by atoms with Crippen LogP contribution in [0.1, 0.15) is 106 Å². The predicted molar refractivity (Wildman–Crippen MR) is 134 cm³/mol. The van der Waals surface area contributed by atoms with Gasteiger partial charge in [-0.25, -0.2) is 0 Å². The first-order valence-electron chi connectivity index (χ1n) is 13.8. The van der Waals surface area contributed by atoms with Crippen LogP contribution in [0.3, 0.4) is 0 Å². The van der Waals surface area contributed by atoms with Crippen LogP contribution < -0.4 is 5.73 Å². The number of carbonyl (C=O) groups excluding carboxylic acids is 1. The van der Waals surface area contributed by atoms with Crippen LogP contribution in [0.15, 0.2) is 11.6 Å². The molecular formula is C30H49NO2. The maximum absolute atomic E-state index is 14.2. The van der Waals surface area contributed by atoms with Crippen molar-refractivity contribution in [3.8, 4) is 0 Å². The highest BCUT2D eigenvalue weighted by molar-refractivity contribution is 5.95. The smallest absolute Gasteiger partial charge is 0.159 e. The molecule has 5 aliphatic carbocycles. The number of aliphatic hydroxyl groups is 1. The third-order valence-electron chi connectivity index (χ3n) is 13.0. The van der Waals surface area contributed by atoms with Gasteiger partial charge in [-0.2, -0.15) is 0 Å². The lowest BCUT2D eigenvalue weighted by Gasteiger charge is -2.70. The highest BCUT2D eigenvalue weighted by atomic mass is 16.3. The molecule has 3 nitrogen and oxygen atoms in total. The Morgan fingerprint density at radius 2 is 1.61 bits per heavy atom. The Labute approximate surface area is 202 Å². The van der Waals surface area contributed by atoms with Crippen LogP contribution in [-0.4, -0.2) is 23.5 Å². The molecule has 0 saturated heterocycles. The van der Waals surface area contributed by atoms with Gasteiger partial charge < -0.3 is 10.8 Å². The first-order valence-corrected chi connectivity index (χ1v) is 13.8. The van der Waals surface area contributed by atoms with Gasteiger partial charge in [-0.15, -0.1) is 0 Å². The van der Waals surface area contributed by atoms with E-state index in [0.29, 0.717) is 23.0 Å². The van der Waals surface area contributed by atoms with Crippen molar-refractivity contribution in [1.82, 2.24) is 0 Å². The molecule has 0 bridgehead atoms. The van der Waals surface area contributed by atoms with Crippen molar-refractivity contribution in [3.05, 3.63) is 11.6 Å². The number of aliphatic hydroxyl groups excluding tert-OH is 1. The Morgan fingerprint density at radius 3 is 2.27 bits per heavy atom. The van der Waals surface area contributed by atoms with Gasteiger partial charge in [0, 0.05) is 5.92 Å².